The maximum atomic E-state index is 12.9. The summed E-state index contributed by atoms with van der Waals surface area (Å²) in [6, 6.07) is 20.6. The topological polar surface area (TPSA) is 74.8 Å². The molecule has 2 aromatic carbocycles. The first kappa shape index (κ1) is 18.4. The molecule has 2 heterocycles. The van der Waals surface area contributed by atoms with E-state index < -0.39 is 0 Å². The molecule has 0 saturated carbocycles. The first-order valence-electron chi connectivity index (χ1n) is 9.20. The minimum absolute atomic E-state index is 0.134. The van der Waals surface area contributed by atoms with E-state index in [0.29, 0.717) is 23.4 Å². The Morgan fingerprint density at radius 2 is 1.93 bits per heavy atom. The Morgan fingerprint density at radius 3 is 2.62 bits per heavy atom. The van der Waals surface area contributed by atoms with E-state index in [2.05, 4.69) is 11.1 Å². The van der Waals surface area contributed by atoms with Crippen molar-refractivity contribution in [3.63, 3.8) is 0 Å². The minimum Gasteiger partial charge on any atom is -0.331 e. The van der Waals surface area contributed by atoms with Crippen molar-refractivity contribution in [2.24, 2.45) is 7.05 Å². The quantitative estimate of drug-likeness (QED) is 0.540. The van der Waals surface area contributed by atoms with E-state index in [1.807, 2.05) is 66.2 Å². The molecule has 0 fully saturated rings. The summed E-state index contributed by atoms with van der Waals surface area (Å²) in [4.78, 5) is 23.4. The van der Waals surface area contributed by atoms with Crippen molar-refractivity contribution >= 4 is 22.8 Å². The van der Waals surface area contributed by atoms with Crippen LogP contribution in [0, 0.1) is 11.3 Å². The number of nitriles is 1. The molecule has 2 aromatic heterocycles. The molecule has 6 heteroatoms. The van der Waals surface area contributed by atoms with Crippen LogP contribution in [0.4, 0.5) is 5.82 Å². The summed E-state index contributed by atoms with van der Waals surface area (Å²) >= 11 is 0. The molecule has 0 bridgehead atoms. The van der Waals surface area contributed by atoms with Crippen molar-refractivity contribution in [1.82, 2.24) is 14.5 Å². The number of anilines is 1. The third-order valence-corrected chi connectivity index (χ3v) is 4.96. The molecule has 29 heavy (non-hydrogen) atoms. The number of imidazole rings is 1. The van der Waals surface area contributed by atoms with Gasteiger partial charge in [0, 0.05) is 32.3 Å². The Kier molecular flexibility index (Phi) is 4.80. The van der Waals surface area contributed by atoms with Crippen molar-refractivity contribution < 1.29 is 4.79 Å². The smallest absolute Gasteiger partial charge is 0.259 e. The molecular formula is C23H19N5O. The lowest BCUT2D eigenvalue weighted by Gasteiger charge is -2.15. The lowest BCUT2D eigenvalue weighted by Crippen LogP contribution is -2.26. The van der Waals surface area contributed by atoms with Crippen LogP contribution < -0.4 is 4.90 Å². The first-order chi connectivity index (χ1) is 14.1. The molecule has 0 spiro atoms. The summed E-state index contributed by atoms with van der Waals surface area (Å²) in [6.45, 7) is 0. The molecule has 4 rings (SSSR count). The van der Waals surface area contributed by atoms with Gasteiger partial charge in [-0.05, 0) is 48.0 Å². The number of carbonyl (C=O) groups is 1. The molecule has 1 amide bonds. The largest absolute Gasteiger partial charge is 0.331 e. The Balaban J connectivity index is 1.62. The standard InChI is InChI=1S/C23H19N5O/c1-27-20-11-10-18(23(29)28(2)21-5-3-4-12-25-21)14-19(20)26-22(27)13-16-6-8-17(15-24)9-7-16/h3-12,14H,13H2,1-2H3. The number of aromatic nitrogens is 3. The van der Waals surface area contributed by atoms with Gasteiger partial charge in [0.1, 0.15) is 11.6 Å². The van der Waals surface area contributed by atoms with Crippen LogP contribution in [-0.4, -0.2) is 27.5 Å². The van der Waals surface area contributed by atoms with Gasteiger partial charge in [-0.1, -0.05) is 18.2 Å². The molecule has 0 N–H and O–H groups in total. The molecule has 0 radical (unpaired) electrons. The van der Waals surface area contributed by atoms with Crippen LogP contribution >= 0.6 is 0 Å². The highest BCUT2D eigenvalue weighted by Gasteiger charge is 2.16. The van der Waals surface area contributed by atoms with Gasteiger partial charge in [-0.3, -0.25) is 9.69 Å². The van der Waals surface area contributed by atoms with Gasteiger partial charge in [-0.2, -0.15) is 5.26 Å². The number of rotatable bonds is 4. The highest BCUT2D eigenvalue weighted by molar-refractivity contribution is 6.06. The molecule has 6 nitrogen and oxygen atoms in total. The molecule has 0 aliphatic rings. The van der Waals surface area contributed by atoms with E-state index in [0.717, 1.165) is 22.4 Å². The summed E-state index contributed by atoms with van der Waals surface area (Å²) in [6.07, 6.45) is 2.31. The fraction of sp³-hybridized carbons (Fsp3) is 0.130. The van der Waals surface area contributed by atoms with Crippen LogP contribution in [0.2, 0.25) is 0 Å². The van der Waals surface area contributed by atoms with Gasteiger partial charge in [0.2, 0.25) is 0 Å². The predicted molar refractivity (Wildman–Crippen MR) is 112 cm³/mol. The van der Waals surface area contributed by atoms with E-state index in [-0.39, 0.29) is 5.91 Å². The predicted octanol–water partition coefficient (Wildman–Crippen LogP) is 3.71. The highest BCUT2D eigenvalue weighted by atomic mass is 16.2. The van der Waals surface area contributed by atoms with Crippen LogP contribution in [-0.2, 0) is 13.5 Å². The molecule has 4 aromatic rings. The second-order valence-corrected chi connectivity index (χ2v) is 6.83. The van der Waals surface area contributed by atoms with E-state index >= 15 is 0 Å². The number of fused-ring (bicyclic) bond motifs is 1. The molecule has 0 aliphatic heterocycles. The van der Waals surface area contributed by atoms with E-state index in [4.69, 9.17) is 10.2 Å². The Hall–Kier alpha value is -3.98. The zero-order valence-corrected chi connectivity index (χ0v) is 16.2. The van der Waals surface area contributed by atoms with Gasteiger partial charge >= 0.3 is 0 Å². The summed E-state index contributed by atoms with van der Waals surface area (Å²) in [7, 11) is 3.68. The number of benzene rings is 2. The normalized spacial score (nSPS) is 10.7. The second-order valence-electron chi connectivity index (χ2n) is 6.83. The van der Waals surface area contributed by atoms with Crippen molar-refractivity contribution in [1.29, 1.82) is 5.26 Å². The maximum Gasteiger partial charge on any atom is 0.259 e. The second kappa shape index (κ2) is 7.56. The van der Waals surface area contributed by atoms with Crippen LogP contribution in [0.15, 0.2) is 66.9 Å². The lowest BCUT2D eigenvalue weighted by atomic mass is 10.1. The number of pyridine rings is 1. The summed E-state index contributed by atoms with van der Waals surface area (Å²) in [5.74, 6) is 1.36. The number of hydrogen-bond acceptors (Lipinski definition) is 4. The van der Waals surface area contributed by atoms with Gasteiger partial charge in [-0.15, -0.1) is 0 Å². The first-order valence-corrected chi connectivity index (χ1v) is 9.20. The Morgan fingerprint density at radius 1 is 1.14 bits per heavy atom. The zero-order valence-electron chi connectivity index (χ0n) is 16.2. The summed E-state index contributed by atoms with van der Waals surface area (Å²) in [5, 5.41) is 8.94. The van der Waals surface area contributed by atoms with Gasteiger partial charge in [-0.25, -0.2) is 9.97 Å². The fourth-order valence-corrected chi connectivity index (χ4v) is 3.27. The van der Waals surface area contributed by atoms with Crippen LogP contribution in [0.3, 0.4) is 0 Å². The van der Waals surface area contributed by atoms with Crippen LogP contribution in [0.1, 0.15) is 27.3 Å². The fourth-order valence-electron chi connectivity index (χ4n) is 3.27. The van der Waals surface area contributed by atoms with Gasteiger partial charge in [0.15, 0.2) is 0 Å². The Bertz CT molecular complexity index is 1220. The summed E-state index contributed by atoms with van der Waals surface area (Å²) < 4.78 is 2.03. The average Bonchev–Trinajstić information content (AvgIpc) is 3.08. The number of aryl methyl sites for hydroxylation is 1. The lowest BCUT2D eigenvalue weighted by molar-refractivity contribution is 0.0992. The third-order valence-electron chi connectivity index (χ3n) is 4.96. The minimum atomic E-state index is -0.134. The van der Waals surface area contributed by atoms with Crippen LogP contribution in [0.5, 0.6) is 0 Å². The molecule has 142 valence electrons. The van der Waals surface area contributed by atoms with Crippen molar-refractivity contribution in [2.45, 2.75) is 6.42 Å². The molecule has 0 atom stereocenters. The van der Waals surface area contributed by atoms with E-state index in [1.165, 1.54) is 4.90 Å². The molecule has 0 aliphatic carbocycles. The van der Waals surface area contributed by atoms with E-state index in [9.17, 15) is 4.79 Å². The SMILES string of the molecule is CN(C(=O)c1ccc2c(c1)nc(Cc1ccc(C#N)cc1)n2C)c1ccccn1. The molecular weight excluding hydrogens is 362 g/mol. The number of nitrogens with zero attached hydrogens (tertiary/aromatic N) is 5. The number of hydrogen-bond donors (Lipinski definition) is 0. The van der Waals surface area contributed by atoms with Crippen molar-refractivity contribution in [2.75, 3.05) is 11.9 Å². The monoisotopic (exact) mass is 381 g/mol. The van der Waals surface area contributed by atoms with E-state index in [1.54, 1.807) is 19.3 Å². The zero-order chi connectivity index (χ0) is 20.4. The van der Waals surface area contributed by atoms with Crippen molar-refractivity contribution in [3.8, 4) is 6.07 Å². The third kappa shape index (κ3) is 3.58. The highest BCUT2D eigenvalue weighted by Crippen LogP contribution is 2.21. The Labute approximate surface area is 168 Å². The number of amides is 1. The average molecular weight is 381 g/mol. The van der Waals surface area contributed by atoms with Gasteiger partial charge in [0.25, 0.3) is 5.91 Å². The van der Waals surface area contributed by atoms with Crippen LogP contribution in [0.25, 0.3) is 11.0 Å². The summed E-state index contributed by atoms with van der Waals surface area (Å²) in [5.41, 5.74) is 4.02. The molecule has 0 unspecified atom stereocenters. The molecule has 0 saturated heterocycles. The maximum absolute atomic E-state index is 12.9. The van der Waals surface area contributed by atoms with Gasteiger partial charge in [0.05, 0.1) is 22.7 Å². The van der Waals surface area contributed by atoms with Crippen molar-refractivity contribution in [3.05, 3.63) is 89.4 Å². The number of carbonyl (C=O) groups excluding carboxylic acids is 1. The van der Waals surface area contributed by atoms with Gasteiger partial charge < -0.3 is 4.57 Å².